The molecular weight excluding hydrogens is 252 g/mol. The Kier molecular flexibility index (Phi) is 5.79. The van der Waals surface area contributed by atoms with Crippen LogP contribution >= 0.6 is 0 Å². The number of amides is 1. The van der Waals surface area contributed by atoms with Crippen LogP contribution < -0.4 is 10.1 Å². The average Bonchev–Trinajstić information content (AvgIpc) is 2.36. The monoisotopic (exact) mass is 272 g/mol. The lowest BCUT2D eigenvalue weighted by molar-refractivity contribution is -0.117. The van der Waals surface area contributed by atoms with E-state index in [0.717, 1.165) is 11.3 Å². The predicted molar refractivity (Wildman–Crippen MR) is 79.1 cm³/mol. The highest BCUT2D eigenvalue weighted by Gasteiger charge is 2.09. The summed E-state index contributed by atoms with van der Waals surface area (Å²) in [5.41, 5.74) is 0.882. The first kappa shape index (κ1) is 15.8. The van der Waals surface area contributed by atoms with Gasteiger partial charge in [-0.15, -0.1) is 0 Å². The first-order valence-electron chi connectivity index (χ1n) is 6.61. The molecule has 0 aliphatic carbocycles. The minimum Gasteiger partial charge on any atom is -0.491 e. The summed E-state index contributed by atoms with van der Waals surface area (Å²) in [7, 11) is 0. The maximum atomic E-state index is 11.8. The molecule has 1 rings (SSSR count). The van der Waals surface area contributed by atoms with Crippen molar-refractivity contribution >= 4 is 12.0 Å². The molecule has 1 N–H and O–H groups in total. The van der Waals surface area contributed by atoms with E-state index < -0.39 is 0 Å². The summed E-state index contributed by atoms with van der Waals surface area (Å²) in [5.74, 6) is 0.410. The van der Waals surface area contributed by atoms with E-state index in [1.807, 2.05) is 58.0 Å². The third-order valence-corrected chi connectivity index (χ3v) is 2.35. The molecule has 0 saturated heterocycles. The van der Waals surface area contributed by atoms with Gasteiger partial charge >= 0.3 is 0 Å². The third-order valence-electron chi connectivity index (χ3n) is 2.35. The summed E-state index contributed by atoms with van der Waals surface area (Å²) in [4.78, 5) is 11.8. The molecule has 0 atom stereocenters. The van der Waals surface area contributed by atoms with E-state index in [9.17, 15) is 4.79 Å². The van der Waals surface area contributed by atoms with Crippen LogP contribution in [0.15, 0.2) is 29.8 Å². The van der Waals surface area contributed by atoms with E-state index >= 15 is 0 Å². The highest BCUT2D eigenvalue weighted by molar-refractivity contribution is 6.01. The van der Waals surface area contributed by atoms with Crippen molar-refractivity contribution in [3.05, 3.63) is 35.4 Å². The number of ether oxygens (including phenoxy) is 1. The van der Waals surface area contributed by atoms with E-state index in [2.05, 4.69) is 5.32 Å². The molecule has 0 radical (unpaired) electrons. The second-order valence-electron chi connectivity index (χ2n) is 5.03. The van der Waals surface area contributed by atoms with Crippen LogP contribution in [0.2, 0.25) is 0 Å². The van der Waals surface area contributed by atoms with E-state index in [4.69, 9.17) is 10.00 Å². The maximum absolute atomic E-state index is 11.8. The molecule has 0 aromatic heterocycles. The van der Waals surface area contributed by atoms with Crippen LogP contribution in [0, 0.1) is 11.3 Å². The van der Waals surface area contributed by atoms with Crippen molar-refractivity contribution in [2.24, 2.45) is 0 Å². The van der Waals surface area contributed by atoms with Crippen LogP contribution in [0.25, 0.3) is 6.08 Å². The summed E-state index contributed by atoms with van der Waals surface area (Å²) < 4.78 is 5.54. The van der Waals surface area contributed by atoms with Crippen molar-refractivity contribution in [1.29, 1.82) is 5.26 Å². The molecule has 0 saturated carbocycles. The number of rotatable bonds is 5. The molecule has 4 heteroatoms. The highest BCUT2D eigenvalue weighted by atomic mass is 16.5. The number of nitrogens with zero attached hydrogens (tertiary/aromatic N) is 1. The van der Waals surface area contributed by atoms with Crippen LogP contribution in [-0.2, 0) is 4.79 Å². The van der Waals surface area contributed by atoms with E-state index in [0.29, 0.717) is 0 Å². The summed E-state index contributed by atoms with van der Waals surface area (Å²) in [6.07, 6.45) is 1.68. The lowest BCUT2D eigenvalue weighted by Crippen LogP contribution is -2.30. The van der Waals surface area contributed by atoms with Gasteiger partial charge < -0.3 is 10.1 Å². The Bertz CT molecular complexity index is 522. The lowest BCUT2D eigenvalue weighted by Gasteiger charge is -2.09. The smallest absolute Gasteiger partial charge is 0.262 e. The Morgan fingerprint density at radius 1 is 1.25 bits per heavy atom. The van der Waals surface area contributed by atoms with Crippen LogP contribution in [-0.4, -0.2) is 18.1 Å². The van der Waals surface area contributed by atoms with Crippen LogP contribution in [0.4, 0.5) is 0 Å². The Labute approximate surface area is 120 Å². The summed E-state index contributed by atoms with van der Waals surface area (Å²) >= 11 is 0. The van der Waals surface area contributed by atoms with Gasteiger partial charge in [-0.05, 0) is 51.5 Å². The second-order valence-corrected chi connectivity index (χ2v) is 5.03. The Morgan fingerprint density at radius 2 is 1.85 bits per heavy atom. The Balaban J connectivity index is 2.86. The van der Waals surface area contributed by atoms with Crippen molar-refractivity contribution in [2.45, 2.75) is 39.8 Å². The SMILES string of the molecule is CC(C)NC(=O)/C(C#N)=C\c1ccc(OC(C)C)cc1. The van der Waals surface area contributed by atoms with Crippen LogP contribution in [0.1, 0.15) is 33.3 Å². The van der Waals surface area contributed by atoms with Gasteiger partial charge in [0, 0.05) is 6.04 Å². The van der Waals surface area contributed by atoms with Gasteiger partial charge in [0.1, 0.15) is 17.4 Å². The van der Waals surface area contributed by atoms with Crippen LogP contribution in [0.5, 0.6) is 5.75 Å². The quantitative estimate of drug-likeness (QED) is 0.662. The van der Waals surface area contributed by atoms with Crippen molar-refractivity contribution in [1.82, 2.24) is 5.32 Å². The number of benzene rings is 1. The van der Waals surface area contributed by atoms with Crippen molar-refractivity contribution in [3.63, 3.8) is 0 Å². The summed E-state index contributed by atoms with van der Waals surface area (Å²) in [6.45, 7) is 7.62. The first-order valence-corrected chi connectivity index (χ1v) is 6.61. The highest BCUT2D eigenvalue weighted by Crippen LogP contribution is 2.15. The normalized spacial score (nSPS) is 11.3. The largest absolute Gasteiger partial charge is 0.491 e. The number of carbonyl (C=O) groups is 1. The summed E-state index contributed by atoms with van der Waals surface area (Å²) in [6, 6.07) is 9.20. The van der Waals surface area contributed by atoms with Crippen molar-refractivity contribution in [2.75, 3.05) is 0 Å². The van der Waals surface area contributed by atoms with E-state index in [1.54, 1.807) is 6.08 Å². The van der Waals surface area contributed by atoms with Crippen molar-refractivity contribution < 1.29 is 9.53 Å². The zero-order valence-corrected chi connectivity index (χ0v) is 12.3. The molecule has 0 aliphatic rings. The summed E-state index contributed by atoms with van der Waals surface area (Å²) in [5, 5.41) is 11.7. The fourth-order valence-corrected chi connectivity index (χ4v) is 1.57. The van der Waals surface area contributed by atoms with Gasteiger partial charge in [-0.2, -0.15) is 5.26 Å². The predicted octanol–water partition coefficient (Wildman–Crippen LogP) is 2.91. The molecule has 1 amide bonds. The van der Waals surface area contributed by atoms with Gasteiger partial charge in [0.2, 0.25) is 0 Å². The van der Waals surface area contributed by atoms with E-state index in [1.165, 1.54) is 0 Å². The van der Waals surface area contributed by atoms with Crippen LogP contribution in [0.3, 0.4) is 0 Å². The molecule has 0 bridgehead atoms. The molecule has 1 aromatic carbocycles. The van der Waals surface area contributed by atoms with Gasteiger partial charge in [0.25, 0.3) is 5.91 Å². The number of nitrogens with one attached hydrogen (secondary N) is 1. The molecule has 0 aliphatic heterocycles. The van der Waals surface area contributed by atoms with Gasteiger partial charge in [-0.25, -0.2) is 0 Å². The molecule has 4 nitrogen and oxygen atoms in total. The molecule has 0 spiro atoms. The standard InChI is InChI=1S/C16H20N2O2/c1-11(2)18-16(19)14(10-17)9-13-5-7-15(8-6-13)20-12(3)4/h5-9,11-12H,1-4H3,(H,18,19)/b14-9-. The average molecular weight is 272 g/mol. The molecular formula is C16H20N2O2. The minimum atomic E-state index is -0.356. The molecule has 1 aromatic rings. The van der Waals surface area contributed by atoms with Gasteiger partial charge in [0.15, 0.2) is 0 Å². The second kappa shape index (κ2) is 7.34. The number of hydrogen-bond acceptors (Lipinski definition) is 3. The van der Waals surface area contributed by atoms with Gasteiger partial charge in [-0.1, -0.05) is 12.1 Å². The fourth-order valence-electron chi connectivity index (χ4n) is 1.57. The van der Waals surface area contributed by atoms with Gasteiger partial charge in [-0.3, -0.25) is 4.79 Å². The Hall–Kier alpha value is -2.28. The fraction of sp³-hybridized carbons (Fsp3) is 0.375. The molecule has 106 valence electrons. The molecule has 20 heavy (non-hydrogen) atoms. The van der Waals surface area contributed by atoms with Gasteiger partial charge in [0.05, 0.1) is 6.10 Å². The number of nitriles is 1. The zero-order valence-electron chi connectivity index (χ0n) is 12.3. The third kappa shape index (κ3) is 5.15. The molecule has 0 unspecified atom stereocenters. The molecule has 0 fully saturated rings. The van der Waals surface area contributed by atoms with E-state index in [-0.39, 0.29) is 23.6 Å². The first-order chi connectivity index (χ1) is 9.42. The number of hydrogen-bond donors (Lipinski definition) is 1. The molecule has 0 heterocycles. The van der Waals surface area contributed by atoms with Crippen molar-refractivity contribution in [3.8, 4) is 11.8 Å². The maximum Gasteiger partial charge on any atom is 0.262 e. The minimum absolute atomic E-state index is 0.000989. The topological polar surface area (TPSA) is 62.1 Å². The zero-order chi connectivity index (χ0) is 15.1. The number of carbonyl (C=O) groups excluding carboxylic acids is 1. The lowest BCUT2D eigenvalue weighted by atomic mass is 10.1. The Morgan fingerprint density at radius 3 is 2.30 bits per heavy atom.